The molecule has 3 rings (SSSR count). The second kappa shape index (κ2) is 4.94. The molecule has 0 saturated carbocycles. The summed E-state index contributed by atoms with van der Waals surface area (Å²) in [4.78, 5) is 0. The average molecular weight is 254 g/mol. The van der Waals surface area contributed by atoms with Crippen molar-refractivity contribution in [2.75, 3.05) is 12.4 Å². The van der Waals surface area contributed by atoms with Crippen molar-refractivity contribution in [1.82, 2.24) is 5.32 Å². The number of fused-ring (bicyclic) bond motifs is 1. The quantitative estimate of drug-likeness (QED) is 0.861. The molecule has 3 nitrogen and oxygen atoms in total. The van der Waals surface area contributed by atoms with Crippen molar-refractivity contribution in [3.63, 3.8) is 0 Å². The minimum absolute atomic E-state index is 0.135. The summed E-state index contributed by atoms with van der Waals surface area (Å²) in [6.45, 7) is 2.19. The lowest BCUT2D eigenvalue weighted by Crippen LogP contribution is -2.35. The fraction of sp³-hybridized carbons (Fsp3) is 0.250. The van der Waals surface area contributed by atoms with Crippen molar-refractivity contribution in [3.8, 4) is 5.75 Å². The number of para-hydroxylation sites is 1. The van der Waals surface area contributed by atoms with Gasteiger partial charge in [-0.05, 0) is 36.2 Å². The highest BCUT2D eigenvalue weighted by molar-refractivity contribution is 5.56. The van der Waals surface area contributed by atoms with E-state index in [0.29, 0.717) is 6.04 Å². The number of benzene rings is 2. The molecule has 0 aliphatic carbocycles. The van der Waals surface area contributed by atoms with E-state index in [0.717, 1.165) is 5.75 Å². The molecule has 0 amide bonds. The van der Waals surface area contributed by atoms with Crippen molar-refractivity contribution < 1.29 is 4.74 Å². The molecule has 0 unspecified atom stereocenters. The average Bonchev–Trinajstić information content (AvgIpc) is 2.47. The van der Waals surface area contributed by atoms with Gasteiger partial charge in [0.05, 0.1) is 7.11 Å². The zero-order valence-electron chi connectivity index (χ0n) is 11.2. The first kappa shape index (κ1) is 12.1. The Morgan fingerprint density at radius 3 is 2.47 bits per heavy atom. The van der Waals surface area contributed by atoms with E-state index < -0.39 is 0 Å². The molecule has 1 aliphatic heterocycles. The summed E-state index contributed by atoms with van der Waals surface area (Å²) in [5.41, 5.74) is 3.73. The molecule has 1 heterocycles. The molecule has 0 bridgehead atoms. The molecule has 0 spiro atoms. The lowest BCUT2D eigenvalue weighted by Gasteiger charge is -2.33. The summed E-state index contributed by atoms with van der Waals surface area (Å²) < 4.78 is 5.19. The van der Waals surface area contributed by atoms with Gasteiger partial charge in [-0.3, -0.25) is 5.32 Å². The molecule has 2 N–H and O–H groups in total. The Hall–Kier alpha value is -2.00. The van der Waals surface area contributed by atoms with Gasteiger partial charge in [0.15, 0.2) is 0 Å². The first-order chi connectivity index (χ1) is 9.28. The Morgan fingerprint density at radius 1 is 1.00 bits per heavy atom. The fourth-order valence-corrected chi connectivity index (χ4v) is 2.52. The standard InChI is InChI=1S/C16H18N2O/c1-11-14-5-3-4-6-15(14)18-16(17-11)12-7-9-13(19-2)10-8-12/h3-11,16-18H,1-2H3/t11-,16-/m0/s1. The van der Waals surface area contributed by atoms with Gasteiger partial charge in [-0.15, -0.1) is 0 Å². The molecular weight excluding hydrogens is 236 g/mol. The van der Waals surface area contributed by atoms with E-state index in [1.165, 1.54) is 16.8 Å². The molecule has 0 aromatic heterocycles. The summed E-state index contributed by atoms with van der Waals surface area (Å²) in [5.74, 6) is 0.882. The van der Waals surface area contributed by atoms with Crippen LogP contribution in [0.4, 0.5) is 5.69 Å². The molecular formula is C16H18N2O. The van der Waals surface area contributed by atoms with E-state index in [9.17, 15) is 0 Å². The second-order valence-electron chi connectivity index (χ2n) is 4.83. The van der Waals surface area contributed by atoms with Crippen molar-refractivity contribution in [2.45, 2.75) is 19.1 Å². The van der Waals surface area contributed by atoms with Crippen molar-refractivity contribution in [1.29, 1.82) is 0 Å². The zero-order valence-corrected chi connectivity index (χ0v) is 11.2. The Balaban J connectivity index is 1.87. The highest BCUT2D eigenvalue weighted by Crippen LogP contribution is 2.32. The highest BCUT2D eigenvalue weighted by atomic mass is 16.5. The summed E-state index contributed by atoms with van der Waals surface area (Å²) in [6, 6.07) is 16.9. The van der Waals surface area contributed by atoms with Crippen LogP contribution in [-0.4, -0.2) is 7.11 Å². The molecule has 0 fully saturated rings. The van der Waals surface area contributed by atoms with Gasteiger partial charge in [-0.25, -0.2) is 0 Å². The van der Waals surface area contributed by atoms with Crippen LogP contribution in [-0.2, 0) is 0 Å². The Kier molecular flexibility index (Phi) is 3.13. The highest BCUT2D eigenvalue weighted by Gasteiger charge is 2.22. The predicted molar refractivity (Wildman–Crippen MR) is 77.4 cm³/mol. The Bertz CT molecular complexity index is 565. The number of nitrogens with one attached hydrogen (secondary N) is 2. The van der Waals surface area contributed by atoms with Crippen LogP contribution in [0.3, 0.4) is 0 Å². The van der Waals surface area contributed by atoms with Gasteiger partial charge in [-0.2, -0.15) is 0 Å². The van der Waals surface area contributed by atoms with Gasteiger partial charge in [0.25, 0.3) is 0 Å². The SMILES string of the molecule is COc1ccc([C@@H]2Nc3ccccc3[C@H](C)N2)cc1. The van der Waals surface area contributed by atoms with E-state index in [4.69, 9.17) is 4.74 Å². The van der Waals surface area contributed by atoms with Crippen LogP contribution in [0, 0.1) is 0 Å². The van der Waals surface area contributed by atoms with E-state index in [1.54, 1.807) is 7.11 Å². The minimum atomic E-state index is 0.135. The van der Waals surface area contributed by atoms with Crippen molar-refractivity contribution >= 4 is 5.69 Å². The number of ether oxygens (including phenoxy) is 1. The number of hydrogen-bond acceptors (Lipinski definition) is 3. The van der Waals surface area contributed by atoms with E-state index in [1.807, 2.05) is 12.1 Å². The third kappa shape index (κ3) is 2.29. The smallest absolute Gasteiger partial charge is 0.118 e. The fourth-order valence-electron chi connectivity index (χ4n) is 2.52. The monoisotopic (exact) mass is 254 g/mol. The number of hydrogen-bond donors (Lipinski definition) is 2. The lowest BCUT2D eigenvalue weighted by atomic mass is 10.0. The molecule has 3 heteroatoms. The van der Waals surface area contributed by atoms with E-state index >= 15 is 0 Å². The molecule has 2 aromatic rings. The number of rotatable bonds is 2. The van der Waals surface area contributed by atoms with Gasteiger partial charge in [-0.1, -0.05) is 30.3 Å². The molecule has 0 saturated heterocycles. The Labute approximate surface area is 113 Å². The van der Waals surface area contributed by atoms with Crippen LogP contribution in [0.1, 0.15) is 30.3 Å². The first-order valence-electron chi connectivity index (χ1n) is 6.53. The lowest BCUT2D eigenvalue weighted by molar-refractivity contribution is 0.414. The third-order valence-electron chi connectivity index (χ3n) is 3.59. The zero-order chi connectivity index (χ0) is 13.2. The first-order valence-corrected chi connectivity index (χ1v) is 6.53. The van der Waals surface area contributed by atoms with E-state index in [-0.39, 0.29) is 6.17 Å². The predicted octanol–water partition coefficient (Wildman–Crippen LogP) is 3.47. The van der Waals surface area contributed by atoms with Crippen molar-refractivity contribution in [3.05, 3.63) is 59.7 Å². The van der Waals surface area contributed by atoms with Gasteiger partial charge in [0.1, 0.15) is 11.9 Å². The molecule has 2 atom stereocenters. The molecule has 98 valence electrons. The number of methoxy groups -OCH3 is 1. The maximum Gasteiger partial charge on any atom is 0.118 e. The Morgan fingerprint density at radius 2 is 1.74 bits per heavy atom. The van der Waals surface area contributed by atoms with Gasteiger partial charge < -0.3 is 10.1 Å². The van der Waals surface area contributed by atoms with Crippen LogP contribution in [0.2, 0.25) is 0 Å². The topological polar surface area (TPSA) is 33.3 Å². The number of anilines is 1. The third-order valence-corrected chi connectivity index (χ3v) is 3.59. The molecule has 0 radical (unpaired) electrons. The van der Waals surface area contributed by atoms with Gasteiger partial charge in [0.2, 0.25) is 0 Å². The van der Waals surface area contributed by atoms with Crippen LogP contribution in [0.25, 0.3) is 0 Å². The minimum Gasteiger partial charge on any atom is -0.497 e. The van der Waals surface area contributed by atoms with Crippen LogP contribution in [0.5, 0.6) is 5.75 Å². The maximum absolute atomic E-state index is 5.19. The van der Waals surface area contributed by atoms with Crippen molar-refractivity contribution in [2.24, 2.45) is 0 Å². The van der Waals surface area contributed by atoms with Crippen LogP contribution < -0.4 is 15.4 Å². The van der Waals surface area contributed by atoms with Gasteiger partial charge >= 0.3 is 0 Å². The van der Waals surface area contributed by atoms with Gasteiger partial charge in [0, 0.05) is 11.7 Å². The summed E-state index contributed by atoms with van der Waals surface area (Å²) in [6.07, 6.45) is 0.135. The summed E-state index contributed by atoms with van der Waals surface area (Å²) >= 11 is 0. The molecule has 1 aliphatic rings. The molecule has 2 aromatic carbocycles. The normalized spacial score (nSPS) is 21.4. The van der Waals surface area contributed by atoms with Crippen LogP contribution in [0.15, 0.2) is 48.5 Å². The van der Waals surface area contributed by atoms with E-state index in [2.05, 4.69) is 54.0 Å². The largest absolute Gasteiger partial charge is 0.497 e. The van der Waals surface area contributed by atoms with Crippen LogP contribution >= 0.6 is 0 Å². The second-order valence-corrected chi connectivity index (χ2v) is 4.83. The summed E-state index contributed by atoms with van der Waals surface area (Å²) in [5, 5.41) is 7.10. The summed E-state index contributed by atoms with van der Waals surface area (Å²) in [7, 11) is 1.68. The maximum atomic E-state index is 5.19. The molecule has 19 heavy (non-hydrogen) atoms.